The molecule has 0 aliphatic carbocycles. The van der Waals surface area contributed by atoms with Crippen LogP contribution in [0.15, 0.2) is 29.9 Å². The molecule has 0 unspecified atom stereocenters. The van der Waals surface area contributed by atoms with Gasteiger partial charge in [0, 0.05) is 24.3 Å². The minimum Gasteiger partial charge on any atom is -0.301 e. The SMILES string of the molecule is C[C@@H](C(=O)Nc1nccs1)N(C)Cc1ccc(Cl)nc1. The Balaban J connectivity index is 1.92. The molecule has 1 amide bonds. The zero-order valence-corrected chi connectivity index (χ0v) is 12.8. The largest absolute Gasteiger partial charge is 0.301 e. The minimum atomic E-state index is -0.269. The van der Waals surface area contributed by atoms with E-state index in [4.69, 9.17) is 11.6 Å². The fourth-order valence-electron chi connectivity index (χ4n) is 1.62. The molecule has 7 heteroatoms. The second-order valence-corrected chi connectivity index (χ2v) is 5.69. The number of rotatable bonds is 5. The van der Waals surface area contributed by atoms with Crippen molar-refractivity contribution in [2.45, 2.75) is 19.5 Å². The quantitative estimate of drug-likeness (QED) is 0.863. The lowest BCUT2D eigenvalue weighted by Crippen LogP contribution is -2.39. The molecule has 106 valence electrons. The highest BCUT2D eigenvalue weighted by Crippen LogP contribution is 2.13. The first-order chi connectivity index (χ1) is 9.56. The van der Waals surface area contributed by atoms with E-state index in [-0.39, 0.29) is 11.9 Å². The highest BCUT2D eigenvalue weighted by molar-refractivity contribution is 7.13. The molecule has 0 aliphatic rings. The topological polar surface area (TPSA) is 58.1 Å². The molecule has 5 nitrogen and oxygen atoms in total. The summed E-state index contributed by atoms with van der Waals surface area (Å²) in [7, 11) is 1.89. The molecule has 1 atom stereocenters. The lowest BCUT2D eigenvalue weighted by atomic mass is 10.2. The number of hydrogen-bond acceptors (Lipinski definition) is 5. The summed E-state index contributed by atoms with van der Waals surface area (Å²) in [5, 5.41) is 5.69. The van der Waals surface area contributed by atoms with Crippen LogP contribution >= 0.6 is 22.9 Å². The third-order valence-corrected chi connectivity index (χ3v) is 3.84. The van der Waals surface area contributed by atoms with Crippen LogP contribution in [0.2, 0.25) is 5.15 Å². The molecule has 0 saturated carbocycles. The van der Waals surface area contributed by atoms with Crippen molar-refractivity contribution in [1.82, 2.24) is 14.9 Å². The summed E-state index contributed by atoms with van der Waals surface area (Å²) >= 11 is 7.15. The average Bonchev–Trinajstić information content (AvgIpc) is 2.93. The molecule has 1 N–H and O–H groups in total. The van der Waals surface area contributed by atoms with Crippen LogP contribution in [0.5, 0.6) is 0 Å². The van der Waals surface area contributed by atoms with Gasteiger partial charge < -0.3 is 5.32 Å². The van der Waals surface area contributed by atoms with Crippen LogP contribution in [-0.2, 0) is 11.3 Å². The second kappa shape index (κ2) is 6.78. The van der Waals surface area contributed by atoms with E-state index in [2.05, 4.69) is 15.3 Å². The van der Waals surface area contributed by atoms with Crippen molar-refractivity contribution in [1.29, 1.82) is 0 Å². The molecule has 0 radical (unpaired) electrons. The van der Waals surface area contributed by atoms with Gasteiger partial charge in [-0.1, -0.05) is 17.7 Å². The van der Waals surface area contributed by atoms with Crippen molar-refractivity contribution >= 4 is 34.0 Å². The number of anilines is 1. The van der Waals surface area contributed by atoms with Gasteiger partial charge in [-0.3, -0.25) is 9.69 Å². The average molecular weight is 311 g/mol. The Hall–Kier alpha value is -1.50. The first-order valence-corrected chi connectivity index (χ1v) is 7.33. The van der Waals surface area contributed by atoms with Gasteiger partial charge in [0.1, 0.15) is 5.15 Å². The Morgan fingerprint density at radius 3 is 2.90 bits per heavy atom. The van der Waals surface area contributed by atoms with Crippen LogP contribution in [-0.4, -0.2) is 33.9 Å². The lowest BCUT2D eigenvalue weighted by Gasteiger charge is -2.23. The maximum absolute atomic E-state index is 12.1. The summed E-state index contributed by atoms with van der Waals surface area (Å²) in [6, 6.07) is 3.37. The summed E-state index contributed by atoms with van der Waals surface area (Å²) in [5.74, 6) is -0.0793. The number of halogens is 1. The molecule has 20 heavy (non-hydrogen) atoms. The van der Waals surface area contributed by atoms with Gasteiger partial charge in [0.2, 0.25) is 5.91 Å². The Morgan fingerprint density at radius 2 is 2.30 bits per heavy atom. The van der Waals surface area contributed by atoms with Crippen LogP contribution in [0.4, 0.5) is 5.13 Å². The molecule has 0 spiro atoms. The van der Waals surface area contributed by atoms with Gasteiger partial charge in [-0.2, -0.15) is 0 Å². The normalized spacial score (nSPS) is 12.4. The van der Waals surface area contributed by atoms with Crippen LogP contribution in [0.25, 0.3) is 0 Å². The van der Waals surface area contributed by atoms with Crippen molar-refractivity contribution in [2.24, 2.45) is 0 Å². The predicted molar refractivity (Wildman–Crippen MR) is 80.9 cm³/mol. The van der Waals surface area contributed by atoms with Gasteiger partial charge in [0.05, 0.1) is 6.04 Å². The number of nitrogens with zero attached hydrogens (tertiary/aromatic N) is 3. The van der Waals surface area contributed by atoms with E-state index in [1.807, 2.05) is 30.3 Å². The van der Waals surface area contributed by atoms with Gasteiger partial charge in [0.25, 0.3) is 0 Å². The standard InChI is InChI=1S/C13H15ClN4OS/c1-9(12(19)17-13-15-5-6-20-13)18(2)8-10-3-4-11(14)16-7-10/h3-7,9H,8H2,1-2H3,(H,15,17,19)/t9-/m0/s1. The number of nitrogens with one attached hydrogen (secondary N) is 1. The Morgan fingerprint density at radius 1 is 1.50 bits per heavy atom. The molecule has 2 rings (SSSR count). The zero-order chi connectivity index (χ0) is 14.5. The van der Waals surface area contributed by atoms with Crippen LogP contribution in [0.1, 0.15) is 12.5 Å². The number of likely N-dealkylation sites (N-methyl/N-ethyl adjacent to an activating group) is 1. The molecule has 0 fully saturated rings. The number of thiazole rings is 1. The van der Waals surface area contributed by atoms with E-state index < -0.39 is 0 Å². The molecule has 2 heterocycles. The van der Waals surface area contributed by atoms with E-state index in [0.717, 1.165) is 5.56 Å². The fraction of sp³-hybridized carbons (Fsp3) is 0.308. The fourth-order valence-corrected chi connectivity index (χ4v) is 2.26. The minimum absolute atomic E-state index is 0.0793. The van der Waals surface area contributed by atoms with Crippen molar-refractivity contribution in [3.8, 4) is 0 Å². The zero-order valence-electron chi connectivity index (χ0n) is 11.2. The first kappa shape index (κ1) is 14.9. The molecule has 0 saturated heterocycles. The van der Waals surface area contributed by atoms with Gasteiger partial charge in [0.15, 0.2) is 5.13 Å². The molecule has 2 aromatic rings. The van der Waals surface area contributed by atoms with E-state index in [1.54, 1.807) is 18.5 Å². The van der Waals surface area contributed by atoms with Crippen molar-refractivity contribution in [2.75, 3.05) is 12.4 Å². The van der Waals surface area contributed by atoms with Crippen molar-refractivity contribution in [3.05, 3.63) is 40.6 Å². The lowest BCUT2D eigenvalue weighted by molar-refractivity contribution is -0.120. The Bertz CT molecular complexity index is 558. The number of carbonyl (C=O) groups is 1. The third kappa shape index (κ3) is 4.00. The van der Waals surface area contributed by atoms with E-state index >= 15 is 0 Å². The van der Waals surface area contributed by atoms with Crippen molar-refractivity contribution in [3.63, 3.8) is 0 Å². The van der Waals surface area contributed by atoms with Gasteiger partial charge in [-0.05, 0) is 25.6 Å². The summed E-state index contributed by atoms with van der Waals surface area (Å²) in [6.45, 7) is 2.48. The van der Waals surface area contributed by atoms with Gasteiger partial charge >= 0.3 is 0 Å². The smallest absolute Gasteiger partial charge is 0.243 e. The molecular weight excluding hydrogens is 296 g/mol. The molecule has 0 bridgehead atoms. The summed E-state index contributed by atoms with van der Waals surface area (Å²) in [5.41, 5.74) is 1.01. The first-order valence-electron chi connectivity index (χ1n) is 6.07. The van der Waals surface area contributed by atoms with Crippen LogP contribution < -0.4 is 5.32 Å². The molecular formula is C13H15ClN4OS. The maximum Gasteiger partial charge on any atom is 0.243 e. The number of aromatic nitrogens is 2. The van der Waals surface area contributed by atoms with E-state index in [1.165, 1.54) is 11.3 Å². The predicted octanol–water partition coefficient (Wildman–Crippen LogP) is 2.65. The highest BCUT2D eigenvalue weighted by Gasteiger charge is 2.19. The summed E-state index contributed by atoms with van der Waals surface area (Å²) < 4.78 is 0. The number of pyridine rings is 1. The second-order valence-electron chi connectivity index (χ2n) is 4.41. The van der Waals surface area contributed by atoms with Gasteiger partial charge in [-0.15, -0.1) is 11.3 Å². The molecule has 2 aromatic heterocycles. The Labute approximate surface area is 126 Å². The number of amides is 1. The monoisotopic (exact) mass is 310 g/mol. The number of hydrogen-bond donors (Lipinski definition) is 1. The maximum atomic E-state index is 12.1. The van der Waals surface area contributed by atoms with Crippen LogP contribution in [0.3, 0.4) is 0 Å². The highest BCUT2D eigenvalue weighted by atomic mass is 35.5. The Kier molecular flexibility index (Phi) is 5.05. The summed E-state index contributed by atoms with van der Waals surface area (Å²) in [6.07, 6.45) is 3.37. The molecule has 0 aliphatic heterocycles. The third-order valence-electron chi connectivity index (χ3n) is 2.92. The molecule has 0 aromatic carbocycles. The van der Waals surface area contributed by atoms with Crippen molar-refractivity contribution < 1.29 is 4.79 Å². The van der Waals surface area contributed by atoms with Crippen LogP contribution in [0, 0.1) is 0 Å². The van der Waals surface area contributed by atoms with Gasteiger partial charge in [-0.25, -0.2) is 9.97 Å². The van der Waals surface area contributed by atoms with E-state index in [0.29, 0.717) is 16.8 Å². The summed E-state index contributed by atoms with van der Waals surface area (Å²) in [4.78, 5) is 22.1. The van der Waals surface area contributed by atoms with E-state index in [9.17, 15) is 4.79 Å². The number of carbonyl (C=O) groups excluding carboxylic acids is 1.